The first-order valence-corrected chi connectivity index (χ1v) is 7.49. The highest BCUT2D eigenvalue weighted by Gasteiger charge is 2.23. The zero-order chi connectivity index (χ0) is 13.0. The first-order chi connectivity index (χ1) is 8.70. The minimum atomic E-state index is -0.408. The van der Waals surface area contributed by atoms with E-state index < -0.39 is 6.10 Å². The molecule has 0 spiro atoms. The normalized spacial score (nSPS) is 21.9. The smallest absolute Gasteiger partial charge is 0.105 e. The number of rotatable bonds is 5. The molecule has 2 rings (SSSR count). The van der Waals surface area contributed by atoms with Gasteiger partial charge in [0.05, 0.1) is 6.04 Å². The predicted molar refractivity (Wildman–Crippen MR) is 75.6 cm³/mol. The van der Waals surface area contributed by atoms with Crippen LogP contribution < -0.4 is 5.43 Å². The van der Waals surface area contributed by atoms with Crippen LogP contribution in [0.3, 0.4) is 0 Å². The molecule has 2 heterocycles. The van der Waals surface area contributed by atoms with Gasteiger partial charge in [-0.3, -0.25) is 0 Å². The number of likely N-dealkylation sites (N-methyl/N-ethyl adjacent to an activating group) is 1. The largest absolute Gasteiger partial charge is 0.386 e. The number of hydrazine groups is 1. The molecule has 4 nitrogen and oxygen atoms in total. The van der Waals surface area contributed by atoms with Gasteiger partial charge in [-0.1, -0.05) is 13.0 Å². The number of aliphatic hydroxyl groups is 1. The van der Waals surface area contributed by atoms with Crippen LogP contribution >= 0.6 is 11.3 Å². The van der Waals surface area contributed by atoms with Gasteiger partial charge < -0.3 is 10.0 Å². The van der Waals surface area contributed by atoms with Gasteiger partial charge >= 0.3 is 0 Å². The Balaban J connectivity index is 1.89. The number of nitrogens with zero attached hydrogens (tertiary/aromatic N) is 2. The lowest BCUT2D eigenvalue weighted by Crippen LogP contribution is -2.54. The van der Waals surface area contributed by atoms with E-state index in [1.54, 1.807) is 11.3 Å². The average Bonchev–Trinajstić information content (AvgIpc) is 2.91. The molecule has 0 bridgehead atoms. The van der Waals surface area contributed by atoms with Crippen LogP contribution in [0.5, 0.6) is 0 Å². The summed E-state index contributed by atoms with van der Waals surface area (Å²) in [5.41, 5.74) is 3.48. The van der Waals surface area contributed by atoms with E-state index in [-0.39, 0.29) is 6.04 Å². The van der Waals surface area contributed by atoms with Crippen molar-refractivity contribution in [1.82, 2.24) is 15.3 Å². The monoisotopic (exact) mass is 269 g/mol. The molecule has 1 aromatic rings. The highest BCUT2D eigenvalue weighted by Crippen LogP contribution is 2.23. The second-order valence-electron chi connectivity index (χ2n) is 4.89. The van der Waals surface area contributed by atoms with E-state index in [4.69, 9.17) is 0 Å². The average molecular weight is 269 g/mol. The summed E-state index contributed by atoms with van der Waals surface area (Å²) in [6, 6.07) is 4.10. The fourth-order valence-corrected chi connectivity index (χ4v) is 2.99. The maximum absolute atomic E-state index is 10.4. The SMILES string of the molecule is CCC(NN1CCN(C)CC1)C(O)c1cccs1. The topological polar surface area (TPSA) is 38.7 Å². The van der Waals surface area contributed by atoms with Gasteiger partial charge in [0.15, 0.2) is 0 Å². The first-order valence-electron chi connectivity index (χ1n) is 6.62. The van der Waals surface area contributed by atoms with Crippen LogP contribution in [0, 0.1) is 0 Å². The molecule has 102 valence electrons. The maximum atomic E-state index is 10.4. The molecule has 0 saturated carbocycles. The van der Waals surface area contributed by atoms with Crippen molar-refractivity contribution in [2.75, 3.05) is 33.2 Å². The summed E-state index contributed by atoms with van der Waals surface area (Å²) in [4.78, 5) is 3.37. The van der Waals surface area contributed by atoms with E-state index in [9.17, 15) is 5.11 Å². The molecule has 0 amide bonds. The van der Waals surface area contributed by atoms with Gasteiger partial charge in [0.2, 0.25) is 0 Å². The lowest BCUT2D eigenvalue weighted by Gasteiger charge is -2.36. The van der Waals surface area contributed by atoms with Gasteiger partial charge in [-0.05, 0) is 24.9 Å². The zero-order valence-electron chi connectivity index (χ0n) is 11.2. The van der Waals surface area contributed by atoms with Gasteiger partial charge in [-0.15, -0.1) is 11.3 Å². The Morgan fingerprint density at radius 1 is 1.39 bits per heavy atom. The second-order valence-corrected chi connectivity index (χ2v) is 5.87. The molecule has 1 aliphatic heterocycles. The molecule has 18 heavy (non-hydrogen) atoms. The summed E-state index contributed by atoms with van der Waals surface area (Å²) < 4.78 is 0. The van der Waals surface area contributed by atoms with Crippen molar-refractivity contribution < 1.29 is 5.11 Å². The number of hydrogen-bond donors (Lipinski definition) is 2. The lowest BCUT2D eigenvalue weighted by atomic mass is 10.1. The van der Waals surface area contributed by atoms with Crippen molar-refractivity contribution in [1.29, 1.82) is 0 Å². The molecular weight excluding hydrogens is 246 g/mol. The molecule has 1 fully saturated rings. The molecule has 0 aromatic carbocycles. The Morgan fingerprint density at radius 2 is 2.11 bits per heavy atom. The molecule has 1 aromatic heterocycles. The van der Waals surface area contributed by atoms with Gasteiger partial charge in [0.1, 0.15) is 6.10 Å². The van der Waals surface area contributed by atoms with Gasteiger partial charge in [-0.25, -0.2) is 10.4 Å². The van der Waals surface area contributed by atoms with E-state index >= 15 is 0 Å². The van der Waals surface area contributed by atoms with Crippen molar-refractivity contribution in [3.05, 3.63) is 22.4 Å². The fraction of sp³-hybridized carbons (Fsp3) is 0.692. The summed E-state index contributed by atoms with van der Waals surface area (Å²) in [5.74, 6) is 0. The van der Waals surface area contributed by atoms with E-state index in [2.05, 4.69) is 29.3 Å². The van der Waals surface area contributed by atoms with E-state index in [0.717, 1.165) is 37.5 Å². The summed E-state index contributed by atoms with van der Waals surface area (Å²) >= 11 is 1.62. The molecule has 2 N–H and O–H groups in total. The minimum absolute atomic E-state index is 0.104. The molecule has 2 unspecified atom stereocenters. The van der Waals surface area contributed by atoms with E-state index in [1.165, 1.54) is 0 Å². The van der Waals surface area contributed by atoms with E-state index in [0.29, 0.717) is 0 Å². The van der Waals surface area contributed by atoms with Crippen LogP contribution in [-0.4, -0.2) is 54.3 Å². The third-order valence-electron chi connectivity index (χ3n) is 3.51. The fourth-order valence-electron chi connectivity index (χ4n) is 2.21. The summed E-state index contributed by atoms with van der Waals surface area (Å²) in [6.07, 6.45) is 0.514. The number of hydrogen-bond acceptors (Lipinski definition) is 5. The number of nitrogens with one attached hydrogen (secondary N) is 1. The van der Waals surface area contributed by atoms with Crippen molar-refractivity contribution in [3.63, 3.8) is 0 Å². The predicted octanol–water partition coefficient (Wildman–Crippen LogP) is 1.31. The Morgan fingerprint density at radius 3 is 2.67 bits per heavy atom. The van der Waals surface area contributed by atoms with Crippen LogP contribution in [0.2, 0.25) is 0 Å². The molecular formula is C13H23N3OS. The third kappa shape index (κ3) is 3.52. The standard InChI is InChI=1S/C13H23N3OS/c1-3-11(13(17)12-5-4-10-18-12)14-16-8-6-15(2)7-9-16/h4-5,10-11,13-14,17H,3,6-9H2,1-2H3. The molecule has 0 radical (unpaired) electrons. The molecule has 5 heteroatoms. The van der Waals surface area contributed by atoms with Crippen LogP contribution in [0.4, 0.5) is 0 Å². The van der Waals surface area contributed by atoms with Crippen LogP contribution in [-0.2, 0) is 0 Å². The van der Waals surface area contributed by atoms with Crippen molar-refractivity contribution in [2.24, 2.45) is 0 Å². The highest BCUT2D eigenvalue weighted by atomic mass is 32.1. The Labute approximate surface area is 113 Å². The second kappa shape index (κ2) is 6.63. The Bertz CT molecular complexity index is 336. The maximum Gasteiger partial charge on any atom is 0.105 e. The van der Waals surface area contributed by atoms with Gasteiger partial charge in [0, 0.05) is 31.1 Å². The van der Waals surface area contributed by atoms with Crippen molar-refractivity contribution in [3.8, 4) is 0 Å². The van der Waals surface area contributed by atoms with E-state index in [1.807, 2.05) is 17.5 Å². The highest BCUT2D eigenvalue weighted by molar-refractivity contribution is 7.10. The minimum Gasteiger partial charge on any atom is -0.386 e. The molecule has 2 atom stereocenters. The quantitative estimate of drug-likeness (QED) is 0.845. The van der Waals surface area contributed by atoms with Crippen molar-refractivity contribution >= 4 is 11.3 Å². The van der Waals surface area contributed by atoms with Gasteiger partial charge in [0.25, 0.3) is 0 Å². The van der Waals surface area contributed by atoms with Crippen molar-refractivity contribution in [2.45, 2.75) is 25.5 Å². The van der Waals surface area contributed by atoms with Crippen LogP contribution in [0.15, 0.2) is 17.5 Å². The molecule has 1 saturated heterocycles. The zero-order valence-corrected chi connectivity index (χ0v) is 12.0. The first kappa shape index (κ1) is 14.0. The molecule has 0 aliphatic carbocycles. The Kier molecular flexibility index (Phi) is 5.14. The van der Waals surface area contributed by atoms with Gasteiger partial charge in [-0.2, -0.15) is 0 Å². The number of piperazine rings is 1. The lowest BCUT2D eigenvalue weighted by molar-refractivity contribution is 0.0377. The summed E-state index contributed by atoms with van der Waals surface area (Å²) in [6.45, 7) is 6.32. The van der Waals surface area contributed by atoms with Crippen LogP contribution in [0.25, 0.3) is 0 Å². The summed E-state index contributed by atoms with van der Waals surface area (Å²) in [7, 11) is 2.15. The number of aliphatic hydroxyl groups excluding tert-OH is 1. The Hall–Kier alpha value is -0.460. The number of thiophene rings is 1. The summed E-state index contributed by atoms with van der Waals surface area (Å²) in [5, 5.41) is 14.6. The third-order valence-corrected chi connectivity index (χ3v) is 4.45. The van der Waals surface area contributed by atoms with Crippen LogP contribution in [0.1, 0.15) is 24.3 Å². The molecule has 1 aliphatic rings.